The van der Waals surface area contributed by atoms with Gasteiger partial charge in [-0.25, -0.2) is 4.68 Å². The Balaban J connectivity index is 1.48. The second kappa shape index (κ2) is 6.52. The van der Waals surface area contributed by atoms with E-state index in [-0.39, 0.29) is 30.1 Å². The monoisotopic (exact) mass is 397 g/mol. The number of hydrogen-bond acceptors (Lipinski definition) is 6. The molecule has 0 radical (unpaired) electrons. The molecule has 2 saturated carbocycles. The van der Waals surface area contributed by atoms with Crippen molar-refractivity contribution in [3.8, 4) is 11.7 Å². The van der Waals surface area contributed by atoms with Crippen molar-refractivity contribution in [2.24, 2.45) is 11.3 Å². The maximum atomic E-state index is 13.0. The highest BCUT2D eigenvalue weighted by molar-refractivity contribution is 5.94. The van der Waals surface area contributed by atoms with Crippen LogP contribution in [0.4, 0.5) is 0 Å². The second-order valence-electron chi connectivity index (χ2n) is 9.54. The molecular weight excluding hydrogens is 370 g/mol. The van der Waals surface area contributed by atoms with Crippen molar-refractivity contribution in [1.29, 1.82) is 0 Å². The first-order valence-electron chi connectivity index (χ1n) is 10.4. The van der Waals surface area contributed by atoms with E-state index in [0.29, 0.717) is 29.2 Å². The predicted molar refractivity (Wildman–Crippen MR) is 105 cm³/mol. The Kier molecular flexibility index (Phi) is 4.17. The number of hydrogen-bond donors (Lipinski definition) is 2. The summed E-state index contributed by atoms with van der Waals surface area (Å²) in [6.45, 7) is 5.86. The molecule has 2 heterocycles. The zero-order valence-corrected chi connectivity index (χ0v) is 17.1. The average Bonchev–Trinajstić information content (AvgIpc) is 3.57. The van der Waals surface area contributed by atoms with Crippen LogP contribution in [0.3, 0.4) is 0 Å². The van der Waals surface area contributed by atoms with Crippen molar-refractivity contribution in [3.63, 3.8) is 0 Å². The minimum Gasteiger partial charge on any atom is -0.473 e. The summed E-state index contributed by atoms with van der Waals surface area (Å²) in [6.07, 6.45) is 7.63. The van der Waals surface area contributed by atoms with Gasteiger partial charge in [-0.15, -0.1) is 0 Å². The van der Waals surface area contributed by atoms with Crippen LogP contribution in [0.5, 0.6) is 5.88 Å². The highest BCUT2D eigenvalue weighted by atomic mass is 16.5. The molecule has 0 spiro atoms. The molecule has 2 aromatic heterocycles. The molecule has 1 amide bonds. The van der Waals surface area contributed by atoms with Crippen LogP contribution in [-0.2, 0) is 6.42 Å². The highest BCUT2D eigenvalue weighted by Crippen LogP contribution is 2.57. The first kappa shape index (κ1) is 18.5. The molecule has 0 unspecified atom stereocenters. The first-order chi connectivity index (χ1) is 13.8. The van der Waals surface area contributed by atoms with Gasteiger partial charge >= 0.3 is 0 Å². The third-order valence-electron chi connectivity index (χ3n) is 6.14. The summed E-state index contributed by atoms with van der Waals surface area (Å²) in [4.78, 5) is 21.9. The molecule has 29 heavy (non-hydrogen) atoms. The Morgan fingerprint density at radius 2 is 2.17 bits per heavy atom. The van der Waals surface area contributed by atoms with Crippen molar-refractivity contribution < 1.29 is 14.6 Å². The second-order valence-corrected chi connectivity index (χ2v) is 9.54. The van der Waals surface area contributed by atoms with Crippen LogP contribution in [0.1, 0.15) is 67.7 Å². The number of nitrogens with one attached hydrogen (secondary N) is 1. The van der Waals surface area contributed by atoms with E-state index in [1.165, 1.54) is 0 Å². The van der Waals surface area contributed by atoms with Crippen LogP contribution < -0.4 is 10.1 Å². The van der Waals surface area contributed by atoms with Crippen molar-refractivity contribution in [2.75, 3.05) is 6.61 Å². The number of aliphatic hydroxyl groups is 1. The fourth-order valence-corrected chi connectivity index (χ4v) is 4.09. The molecule has 0 saturated heterocycles. The first-order valence-corrected chi connectivity index (χ1v) is 10.4. The molecule has 3 aliphatic carbocycles. The molecule has 0 aliphatic heterocycles. The third-order valence-corrected chi connectivity index (χ3v) is 6.14. The van der Waals surface area contributed by atoms with Crippen LogP contribution in [0.2, 0.25) is 0 Å². The standard InChI is InChI=1S/C21H27N5O3/c1-21(2,3)15(10-27)23-20(28)18-14-7-11-6-13(11)19(14)26(25-18)16-8-22-9-17(24-16)29-12-4-5-12/h8-9,11-13,15,27H,4-7,10H2,1-3H3,(H,23,28)/t11-,13-,15+/m0/s1. The molecule has 2 fully saturated rings. The van der Waals surface area contributed by atoms with Gasteiger partial charge in [-0.05, 0) is 37.0 Å². The lowest BCUT2D eigenvalue weighted by Gasteiger charge is -2.29. The molecule has 154 valence electrons. The van der Waals surface area contributed by atoms with E-state index in [1.807, 2.05) is 20.8 Å². The molecule has 0 bridgehead atoms. The van der Waals surface area contributed by atoms with Gasteiger partial charge < -0.3 is 15.2 Å². The number of nitrogens with zero attached hydrogens (tertiary/aromatic N) is 4. The Labute approximate surface area is 169 Å². The van der Waals surface area contributed by atoms with E-state index in [9.17, 15) is 9.90 Å². The van der Waals surface area contributed by atoms with Crippen molar-refractivity contribution in [2.45, 2.75) is 64.5 Å². The van der Waals surface area contributed by atoms with Crippen LogP contribution in [-0.4, -0.2) is 49.5 Å². The summed E-state index contributed by atoms with van der Waals surface area (Å²) in [5, 5.41) is 17.3. The van der Waals surface area contributed by atoms with E-state index in [1.54, 1.807) is 17.1 Å². The van der Waals surface area contributed by atoms with Gasteiger partial charge in [0.25, 0.3) is 5.91 Å². The summed E-state index contributed by atoms with van der Waals surface area (Å²) in [5.74, 6) is 1.87. The number of carbonyl (C=O) groups excluding carboxylic acids is 1. The zero-order chi connectivity index (χ0) is 20.3. The molecule has 3 atom stereocenters. The maximum Gasteiger partial charge on any atom is 0.272 e. The van der Waals surface area contributed by atoms with E-state index < -0.39 is 0 Å². The van der Waals surface area contributed by atoms with Crippen molar-refractivity contribution in [3.05, 3.63) is 29.3 Å². The normalized spacial score (nSPS) is 23.3. The Bertz CT molecular complexity index is 960. The summed E-state index contributed by atoms with van der Waals surface area (Å²) in [5.41, 5.74) is 2.27. The number of amides is 1. The largest absolute Gasteiger partial charge is 0.473 e. The minimum atomic E-state index is -0.346. The van der Waals surface area contributed by atoms with E-state index in [0.717, 1.165) is 36.9 Å². The van der Waals surface area contributed by atoms with Gasteiger partial charge in [0.2, 0.25) is 5.88 Å². The van der Waals surface area contributed by atoms with Gasteiger partial charge in [-0.2, -0.15) is 10.1 Å². The lowest BCUT2D eigenvalue weighted by Crippen LogP contribution is -2.46. The lowest BCUT2D eigenvalue weighted by atomic mass is 9.87. The van der Waals surface area contributed by atoms with Gasteiger partial charge in [0.1, 0.15) is 6.10 Å². The summed E-state index contributed by atoms with van der Waals surface area (Å²) < 4.78 is 7.56. The Morgan fingerprint density at radius 1 is 1.38 bits per heavy atom. The minimum absolute atomic E-state index is 0.116. The van der Waals surface area contributed by atoms with Crippen molar-refractivity contribution in [1.82, 2.24) is 25.1 Å². The Hall–Kier alpha value is -2.48. The average molecular weight is 397 g/mol. The summed E-state index contributed by atoms with van der Waals surface area (Å²) >= 11 is 0. The molecule has 5 rings (SSSR count). The van der Waals surface area contributed by atoms with Gasteiger partial charge in [-0.3, -0.25) is 9.78 Å². The topological polar surface area (TPSA) is 102 Å². The van der Waals surface area contributed by atoms with Crippen molar-refractivity contribution >= 4 is 5.91 Å². The number of carbonyl (C=O) groups is 1. The molecule has 2 N–H and O–H groups in total. The smallest absolute Gasteiger partial charge is 0.272 e. The fraction of sp³-hybridized carbons (Fsp3) is 0.619. The number of rotatable bonds is 6. The van der Waals surface area contributed by atoms with Gasteiger partial charge in [0.05, 0.1) is 30.7 Å². The molecule has 8 nitrogen and oxygen atoms in total. The molecule has 8 heteroatoms. The van der Waals surface area contributed by atoms with Crippen LogP contribution in [0.25, 0.3) is 5.82 Å². The summed E-state index contributed by atoms with van der Waals surface area (Å²) in [6, 6.07) is -0.346. The Morgan fingerprint density at radius 3 is 2.86 bits per heavy atom. The third kappa shape index (κ3) is 3.39. The molecular formula is C21H27N5O3. The highest BCUT2D eigenvalue weighted by Gasteiger charge is 2.50. The van der Waals surface area contributed by atoms with Gasteiger partial charge in [0, 0.05) is 11.5 Å². The number of aliphatic hydroxyl groups excluding tert-OH is 1. The maximum absolute atomic E-state index is 13.0. The summed E-state index contributed by atoms with van der Waals surface area (Å²) in [7, 11) is 0. The van der Waals surface area contributed by atoms with Gasteiger partial charge in [-0.1, -0.05) is 20.8 Å². The SMILES string of the molecule is CC(C)(C)[C@@H](CO)NC(=O)c1nn(-c2cncc(OC3CC3)n2)c2c1C[C@@H]1C[C@H]21. The number of ether oxygens (including phenoxy) is 1. The fourth-order valence-electron chi connectivity index (χ4n) is 4.09. The van der Waals surface area contributed by atoms with Crippen LogP contribution in [0, 0.1) is 11.3 Å². The number of fused-ring (bicyclic) bond motifs is 3. The van der Waals surface area contributed by atoms with E-state index in [2.05, 4.69) is 20.4 Å². The van der Waals surface area contributed by atoms with E-state index in [4.69, 9.17) is 4.74 Å². The lowest BCUT2D eigenvalue weighted by molar-refractivity contribution is 0.0841. The zero-order valence-electron chi connectivity index (χ0n) is 17.1. The predicted octanol–water partition coefficient (Wildman–Crippen LogP) is 2.00. The van der Waals surface area contributed by atoms with Gasteiger partial charge in [0.15, 0.2) is 11.5 Å². The molecule has 0 aromatic carbocycles. The van der Waals surface area contributed by atoms with Crippen LogP contribution >= 0.6 is 0 Å². The molecule has 2 aromatic rings. The van der Waals surface area contributed by atoms with Crippen LogP contribution in [0.15, 0.2) is 12.4 Å². The molecule has 3 aliphatic rings. The van der Waals surface area contributed by atoms with E-state index >= 15 is 0 Å². The quantitative estimate of drug-likeness (QED) is 0.773. The number of aromatic nitrogens is 4.